The normalized spacial score (nSPS) is 13.3. The molecule has 0 aliphatic carbocycles. The third kappa shape index (κ3) is 8.11. The lowest BCUT2D eigenvalue weighted by Crippen LogP contribution is -2.16. The average molecular weight is 299 g/mol. The van der Waals surface area contributed by atoms with E-state index in [4.69, 9.17) is 69.6 Å². The van der Waals surface area contributed by atoms with Gasteiger partial charge in [-0.05, 0) is 6.08 Å². The Hall–Kier alpha value is 1.77. The molecular formula is C4H3Cl7. The fraction of sp³-hybridized carbons (Fsp3) is 0.500. The third-order valence-corrected chi connectivity index (χ3v) is 2.33. The molecule has 0 aliphatic heterocycles. The Bertz CT molecular complexity index is 130. The number of allylic oxidation sites excluding steroid dienone is 1. The topological polar surface area (TPSA) is 0 Å². The molecule has 0 aromatic heterocycles. The van der Waals surface area contributed by atoms with E-state index in [9.17, 15) is 0 Å². The minimum Gasteiger partial charge on any atom is -0.147 e. The van der Waals surface area contributed by atoms with Crippen LogP contribution in [0, 0.1) is 0 Å². The van der Waals surface area contributed by atoms with E-state index in [2.05, 4.69) is 0 Å². The monoisotopic (exact) mass is 296 g/mol. The van der Waals surface area contributed by atoms with E-state index in [1.165, 1.54) is 6.08 Å². The van der Waals surface area contributed by atoms with E-state index < -0.39 is 9.17 Å². The molecular weight excluding hydrogens is 296 g/mol. The molecule has 1 atom stereocenters. The Morgan fingerprint density at radius 3 is 1.64 bits per heavy atom. The SMILES string of the molecule is Cl.ClC(Cl)=CC(Cl)C(Cl)(Cl)Cl. The Morgan fingerprint density at radius 2 is 1.55 bits per heavy atom. The highest BCUT2D eigenvalue weighted by atomic mass is 35.6. The van der Waals surface area contributed by atoms with Crippen molar-refractivity contribution < 1.29 is 0 Å². The van der Waals surface area contributed by atoms with Crippen LogP contribution < -0.4 is 0 Å². The highest BCUT2D eigenvalue weighted by Crippen LogP contribution is 2.35. The van der Waals surface area contributed by atoms with Crippen molar-refractivity contribution in [3.8, 4) is 0 Å². The number of halogens is 7. The van der Waals surface area contributed by atoms with E-state index >= 15 is 0 Å². The maximum Gasteiger partial charge on any atom is 0.210 e. The van der Waals surface area contributed by atoms with Gasteiger partial charge in [0.15, 0.2) is 0 Å². The van der Waals surface area contributed by atoms with Crippen molar-refractivity contribution in [2.24, 2.45) is 0 Å². The number of rotatable bonds is 1. The Morgan fingerprint density at radius 1 is 1.18 bits per heavy atom. The molecule has 0 rings (SSSR count). The van der Waals surface area contributed by atoms with Crippen LogP contribution in [0.25, 0.3) is 0 Å². The molecule has 0 heterocycles. The predicted molar refractivity (Wildman–Crippen MR) is 57.0 cm³/mol. The molecule has 11 heavy (non-hydrogen) atoms. The van der Waals surface area contributed by atoms with Crippen molar-refractivity contribution in [2.45, 2.75) is 9.17 Å². The molecule has 0 nitrogen and oxygen atoms in total. The van der Waals surface area contributed by atoms with Gasteiger partial charge >= 0.3 is 0 Å². The molecule has 0 aromatic rings. The van der Waals surface area contributed by atoms with Gasteiger partial charge in [-0.15, -0.1) is 24.0 Å². The van der Waals surface area contributed by atoms with Crippen LogP contribution in [0.1, 0.15) is 0 Å². The van der Waals surface area contributed by atoms with Crippen LogP contribution in [-0.2, 0) is 0 Å². The van der Waals surface area contributed by atoms with E-state index in [0.717, 1.165) is 0 Å². The Balaban J connectivity index is 0. The van der Waals surface area contributed by atoms with Crippen LogP contribution >= 0.6 is 82.0 Å². The molecule has 0 bridgehead atoms. The molecule has 0 aliphatic rings. The quantitative estimate of drug-likeness (QED) is 0.615. The summed E-state index contributed by atoms with van der Waals surface area (Å²) in [5, 5.41) is -0.817. The second-order valence-electron chi connectivity index (χ2n) is 1.40. The van der Waals surface area contributed by atoms with Gasteiger partial charge in [-0.1, -0.05) is 58.0 Å². The zero-order valence-corrected chi connectivity index (χ0v) is 10.2. The fourth-order valence-electron chi connectivity index (χ4n) is 0.205. The maximum absolute atomic E-state index is 5.51. The molecule has 0 saturated carbocycles. The third-order valence-electron chi connectivity index (χ3n) is 0.585. The first-order valence-electron chi connectivity index (χ1n) is 2.07. The predicted octanol–water partition coefficient (Wildman–Crippen LogP) is 4.70. The van der Waals surface area contributed by atoms with Gasteiger partial charge in [0.05, 0.1) is 0 Å². The van der Waals surface area contributed by atoms with Crippen LogP contribution in [0.5, 0.6) is 0 Å². The molecule has 0 fully saturated rings. The second-order valence-corrected chi connectivity index (χ2v) is 5.25. The Kier molecular flexibility index (Phi) is 8.68. The molecule has 0 amide bonds. The van der Waals surface area contributed by atoms with Gasteiger partial charge < -0.3 is 0 Å². The van der Waals surface area contributed by atoms with Gasteiger partial charge in [0.1, 0.15) is 9.87 Å². The zero-order valence-electron chi connectivity index (χ0n) is 4.83. The molecule has 0 N–H and O–H groups in total. The van der Waals surface area contributed by atoms with Crippen LogP contribution in [0.15, 0.2) is 10.6 Å². The smallest absolute Gasteiger partial charge is 0.147 e. The summed E-state index contributed by atoms with van der Waals surface area (Å²) >= 11 is 32.1. The first-order valence-corrected chi connectivity index (χ1v) is 4.40. The number of alkyl halides is 4. The van der Waals surface area contributed by atoms with Crippen molar-refractivity contribution in [1.82, 2.24) is 0 Å². The maximum atomic E-state index is 5.51. The first-order chi connectivity index (χ1) is 4.34. The van der Waals surface area contributed by atoms with E-state index in [-0.39, 0.29) is 16.9 Å². The molecule has 0 saturated heterocycles. The minimum atomic E-state index is -1.57. The van der Waals surface area contributed by atoms with E-state index in [1.807, 2.05) is 0 Å². The van der Waals surface area contributed by atoms with Crippen LogP contribution in [0.4, 0.5) is 0 Å². The van der Waals surface area contributed by atoms with Crippen molar-refractivity contribution in [3.63, 3.8) is 0 Å². The lowest BCUT2D eigenvalue weighted by Gasteiger charge is -2.13. The standard InChI is InChI=1S/C4H2Cl6.ClH/c5-2(1-3(6)7)4(8,9)10;/h1-2H;1H. The van der Waals surface area contributed by atoms with Crippen LogP contribution in [0.2, 0.25) is 0 Å². The van der Waals surface area contributed by atoms with Gasteiger partial charge in [0.25, 0.3) is 0 Å². The first kappa shape index (κ1) is 15.3. The molecule has 0 aromatic carbocycles. The fourth-order valence-corrected chi connectivity index (χ4v) is 0.901. The highest BCUT2D eigenvalue weighted by molar-refractivity contribution is 6.70. The summed E-state index contributed by atoms with van der Waals surface area (Å²) in [4.78, 5) is 0. The van der Waals surface area contributed by atoms with Crippen molar-refractivity contribution >= 4 is 82.0 Å². The van der Waals surface area contributed by atoms with Crippen LogP contribution in [0.3, 0.4) is 0 Å². The average Bonchev–Trinajstić information content (AvgIpc) is 1.60. The van der Waals surface area contributed by atoms with Gasteiger partial charge in [-0.25, -0.2) is 0 Å². The lowest BCUT2D eigenvalue weighted by atomic mass is 10.5. The van der Waals surface area contributed by atoms with Gasteiger partial charge in [0, 0.05) is 0 Å². The number of hydrogen-bond donors (Lipinski definition) is 0. The number of hydrogen-bond acceptors (Lipinski definition) is 0. The lowest BCUT2D eigenvalue weighted by molar-refractivity contribution is 1.08. The summed E-state index contributed by atoms with van der Waals surface area (Å²) in [6, 6.07) is 0. The minimum absolute atomic E-state index is 0. The molecule has 1 unspecified atom stereocenters. The highest BCUT2D eigenvalue weighted by Gasteiger charge is 2.29. The summed E-state index contributed by atoms with van der Waals surface area (Å²) < 4.78 is -1.59. The summed E-state index contributed by atoms with van der Waals surface area (Å²) in [5.41, 5.74) is 0. The van der Waals surface area contributed by atoms with E-state index in [0.29, 0.717) is 0 Å². The van der Waals surface area contributed by atoms with Crippen molar-refractivity contribution in [1.29, 1.82) is 0 Å². The summed E-state index contributed by atoms with van der Waals surface area (Å²) in [6.07, 6.45) is 1.23. The van der Waals surface area contributed by atoms with Crippen LogP contribution in [-0.4, -0.2) is 9.17 Å². The largest absolute Gasteiger partial charge is 0.210 e. The second kappa shape index (κ2) is 6.26. The Labute approximate surface area is 101 Å². The van der Waals surface area contributed by atoms with E-state index in [1.54, 1.807) is 0 Å². The van der Waals surface area contributed by atoms with Gasteiger partial charge in [-0.3, -0.25) is 0 Å². The molecule has 0 spiro atoms. The van der Waals surface area contributed by atoms with Crippen molar-refractivity contribution in [2.75, 3.05) is 0 Å². The zero-order chi connectivity index (χ0) is 8.36. The molecule has 68 valence electrons. The summed E-state index contributed by atoms with van der Waals surface area (Å²) in [6.45, 7) is 0. The molecule has 0 radical (unpaired) electrons. The van der Waals surface area contributed by atoms with Gasteiger partial charge in [0.2, 0.25) is 3.79 Å². The molecule has 7 heteroatoms. The van der Waals surface area contributed by atoms with Crippen molar-refractivity contribution in [3.05, 3.63) is 10.6 Å². The summed E-state index contributed by atoms with van der Waals surface area (Å²) in [5.74, 6) is 0. The summed E-state index contributed by atoms with van der Waals surface area (Å²) in [7, 11) is 0. The van der Waals surface area contributed by atoms with Gasteiger partial charge in [-0.2, -0.15) is 0 Å².